The number of rotatable bonds is 6. The lowest BCUT2D eigenvalue weighted by Crippen LogP contribution is -2.01. The van der Waals surface area contributed by atoms with Gasteiger partial charge >= 0.3 is 0 Å². The van der Waals surface area contributed by atoms with Crippen LogP contribution in [0.5, 0.6) is 5.75 Å². The Hall–Kier alpha value is -2.76. The summed E-state index contributed by atoms with van der Waals surface area (Å²) in [6.45, 7) is 0. The Morgan fingerprint density at radius 1 is 0.893 bits per heavy atom. The summed E-state index contributed by atoms with van der Waals surface area (Å²) in [5.41, 5.74) is 3.07. The molecule has 4 rings (SSSR count). The summed E-state index contributed by atoms with van der Waals surface area (Å²) in [7, 11) is 1.66. The highest BCUT2D eigenvalue weighted by atomic mass is 35.5. The molecule has 0 aliphatic carbocycles. The maximum Gasteiger partial charge on any atom is 0.196 e. The van der Waals surface area contributed by atoms with Crippen LogP contribution in [0.25, 0.3) is 17.1 Å². The average molecular weight is 408 g/mol. The van der Waals surface area contributed by atoms with Crippen molar-refractivity contribution in [2.75, 3.05) is 7.11 Å². The van der Waals surface area contributed by atoms with E-state index in [2.05, 4.69) is 22.3 Å². The van der Waals surface area contributed by atoms with E-state index in [4.69, 9.17) is 16.3 Å². The van der Waals surface area contributed by atoms with Gasteiger partial charge in [0.05, 0.1) is 12.7 Å². The maximum absolute atomic E-state index is 6.09. The van der Waals surface area contributed by atoms with Crippen molar-refractivity contribution in [3.63, 3.8) is 0 Å². The van der Waals surface area contributed by atoms with Crippen molar-refractivity contribution in [2.24, 2.45) is 0 Å². The van der Waals surface area contributed by atoms with E-state index < -0.39 is 0 Å². The number of ether oxygens (including phenoxy) is 1. The summed E-state index contributed by atoms with van der Waals surface area (Å²) in [6, 6.07) is 25.8. The van der Waals surface area contributed by atoms with E-state index in [-0.39, 0.29) is 0 Å². The number of nitrogens with zero attached hydrogens (tertiary/aromatic N) is 3. The molecule has 0 radical (unpaired) electrons. The number of methoxy groups -OCH3 is 1. The van der Waals surface area contributed by atoms with Crippen molar-refractivity contribution in [1.29, 1.82) is 0 Å². The van der Waals surface area contributed by atoms with Gasteiger partial charge in [-0.1, -0.05) is 65.8 Å². The van der Waals surface area contributed by atoms with E-state index in [0.717, 1.165) is 33.7 Å². The molecule has 3 aromatic carbocycles. The maximum atomic E-state index is 6.09. The fourth-order valence-corrected chi connectivity index (χ4v) is 3.95. The number of hydrogen-bond acceptors (Lipinski definition) is 4. The van der Waals surface area contributed by atoms with E-state index >= 15 is 0 Å². The monoisotopic (exact) mass is 407 g/mol. The van der Waals surface area contributed by atoms with Gasteiger partial charge in [0.25, 0.3) is 0 Å². The van der Waals surface area contributed by atoms with Crippen LogP contribution in [0, 0.1) is 0 Å². The van der Waals surface area contributed by atoms with E-state index in [1.54, 1.807) is 18.9 Å². The van der Waals surface area contributed by atoms with Gasteiger partial charge in [-0.25, -0.2) is 0 Å². The molecule has 28 heavy (non-hydrogen) atoms. The molecule has 0 fully saturated rings. The largest absolute Gasteiger partial charge is 0.496 e. The average Bonchev–Trinajstić information content (AvgIpc) is 3.17. The summed E-state index contributed by atoms with van der Waals surface area (Å²) < 4.78 is 7.58. The Morgan fingerprint density at radius 2 is 1.61 bits per heavy atom. The van der Waals surface area contributed by atoms with Gasteiger partial charge in [0.1, 0.15) is 5.75 Å². The first kappa shape index (κ1) is 18.6. The normalized spacial score (nSPS) is 10.8. The quantitative estimate of drug-likeness (QED) is 0.374. The number of hydrogen-bond donors (Lipinski definition) is 0. The number of aromatic nitrogens is 3. The number of benzene rings is 3. The van der Waals surface area contributed by atoms with Gasteiger partial charge in [-0.2, -0.15) is 0 Å². The van der Waals surface area contributed by atoms with Gasteiger partial charge in [-0.3, -0.25) is 4.57 Å². The van der Waals surface area contributed by atoms with Crippen LogP contribution in [-0.4, -0.2) is 21.9 Å². The van der Waals surface area contributed by atoms with Crippen LogP contribution >= 0.6 is 23.4 Å². The Labute approximate surface area is 173 Å². The highest BCUT2D eigenvalue weighted by Gasteiger charge is 2.19. The Morgan fingerprint density at radius 3 is 2.36 bits per heavy atom. The molecule has 0 bridgehead atoms. The van der Waals surface area contributed by atoms with E-state index in [0.29, 0.717) is 5.02 Å². The van der Waals surface area contributed by atoms with Gasteiger partial charge in [0, 0.05) is 16.5 Å². The van der Waals surface area contributed by atoms with Gasteiger partial charge in [-0.15, -0.1) is 10.2 Å². The molecular weight excluding hydrogens is 390 g/mol. The first-order valence-corrected chi connectivity index (χ1v) is 10.1. The number of thioether (sulfide) groups is 1. The lowest BCUT2D eigenvalue weighted by Gasteiger charge is -2.12. The third-order valence-electron chi connectivity index (χ3n) is 4.28. The summed E-state index contributed by atoms with van der Waals surface area (Å²) in [4.78, 5) is 0. The second-order valence-electron chi connectivity index (χ2n) is 6.09. The molecule has 6 heteroatoms. The minimum absolute atomic E-state index is 0.689. The standard InChI is InChI=1S/C22H18ClN3OS/c1-27-20-10-6-5-9-19(20)21-24-25-22(28-15-16-7-3-2-4-8-16)26(21)18-13-11-17(23)12-14-18/h2-14H,15H2,1H3. The Balaban J connectivity index is 1.78. The van der Waals surface area contributed by atoms with Crippen molar-refractivity contribution in [3.05, 3.63) is 89.4 Å². The van der Waals surface area contributed by atoms with Crippen LogP contribution < -0.4 is 4.74 Å². The molecule has 0 spiro atoms. The number of halogens is 1. The zero-order valence-corrected chi connectivity index (χ0v) is 16.8. The molecule has 0 saturated heterocycles. The van der Waals surface area contributed by atoms with Crippen LogP contribution in [0.2, 0.25) is 5.02 Å². The first-order valence-electron chi connectivity index (χ1n) is 8.78. The molecule has 1 heterocycles. The zero-order valence-electron chi connectivity index (χ0n) is 15.2. The van der Waals surface area contributed by atoms with Crippen LogP contribution in [0.4, 0.5) is 0 Å². The van der Waals surface area contributed by atoms with Gasteiger partial charge < -0.3 is 4.74 Å². The molecule has 0 N–H and O–H groups in total. The Bertz CT molecular complexity index is 1060. The predicted molar refractivity (Wildman–Crippen MR) is 114 cm³/mol. The molecule has 4 nitrogen and oxygen atoms in total. The molecule has 140 valence electrons. The molecule has 1 aromatic heterocycles. The molecule has 4 aromatic rings. The smallest absolute Gasteiger partial charge is 0.196 e. The minimum Gasteiger partial charge on any atom is -0.496 e. The molecule has 0 unspecified atom stereocenters. The highest BCUT2D eigenvalue weighted by molar-refractivity contribution is 7.98. The third-order valence-corrected chi connectivity index (χ3v) is 5.53. The molecule has 0 atom stereocenters. The van der Waals surface area contributed by atoms with Crippen molar-refractivity contribution >= 4 is 23.4 Å². The van der Waals surface area contributed by atoms with E-state index in [9.17, 15) is 0 Å². The molecule has 0 aliphatic rings. The molecule has 0 aliphatic heterocycles. The first-order chi connectivity index (χ1) is 13.8. The lowest BCUT2D eigenvalue weighted by molar-refractivity contribution is 0.416. The van der Waals surface area contributed by atoms with E-state index in [1.165, 1.54) is 5.56 Å². The fraction of sp³-hybridized carbons (Fsp3) is 0.0909. The molecular formula is C22H18ClN3OS. The van der Waals surface area contributed by atoms with Crippen LogP contribution in [0.3, 0.4) is 0 Å². The second kappa shape index (κ2) is 8.50. The van der Waals surface area contributed by atoms with Crippen LogP contribution in [-0.2, 0) is 5.75 Å². The van der Waals surface area contributed by atoms with Crippen molar-refractivity contribution in [1.82, 2.24) is 14.8 Å². The predicted octanol–water partition coefficient (Wildman–Crippen LogP) is 5.89. The van der Waals surface area contributed by atoms with Crippen LogP contribution in [0.1, 0.15) is 5.56 Å². The second-order valence-corrected chi connectivity index (χ2v) is 7.47. The highest BCUT2D eigenvalue weighted by Crippen LogP contribution is 2.34. The Kier molecular flexibility index (Phi) is 5.65. The van der Waals surface area contributed by atoms with Crippen LogP contribution in [0.15, 0.2) is 84.0 Å². The van der Waals surface area contributed by atoms with Crippen molar-refractivity contribution < 1.29 is 4.74 Å². The SMILES string of the molecule is COc1ccccc1-c1nnc(SCc2ccccc2)n1-c1ccc(Cl)cc1. The summed E-state index contributed by atoms with van der Waals surface area (Å²) in [5.74, 6) is 2.29. The van der Waals surface area contributed by atoms with E-state index in [1.807, 2.05) is 71.3 Å². The van der Waals surface area contributed by atoms with Gasteiger partial charge in [-0.05, 0) is 42.0 Å². The lowest BCUT2D eigenvalue weighted by atomic mass is 10.2. The topological polar surface area (TPSA) is 39.9 Å². The molecule has 0 amide bonds. The summed E-state index contributed by atoms with van der Waals surface area (Å²) >= 11 is 7.74. The molecule has 0 saturated carbocycles. The van der Waals surface area contributed by atoms with Crippen molar-refractivity contribution in [2.45, 2.75) is 10.9 Å². The summed E-state index contributed by atoms with van der Waals surface area (Å²) in [6.07, 6.45) is 0. The third kappa shape index (κ3) is 3.91. The fourth-order valence-electron chi connectivity index (χ4n) is 2.91. The van der Waals surface area contributed by atoms with Gasteiger partial charge in [0.2, 0.25) is 0 Å². The minimum atomic E-state index is 0.689. The zero-order chi connectivity index (χ0) is 19.3. The summed E-state index contributed by atoms with van der Waals surface area (Å²) in [5, 5.41) is 10.5. The number of para-hydroxylation sites is 1. The van der Waals surface area contributed by atoms with Gasteiger partial charge in [0.15, 0.2) is 11.0 Å². The van der Waals surface area contributed by atoms with Crippen molar-refractivity contribution in [3.8, 4) is 22.8 Å².